The van der Waals surface area contributed by atoms with E-state index in [0.29, 0.717) is 18.3 Å². The highest BCUT2D eigenvalue weighted by Crippen LogP contribution is 2.66. The zero-order chi connectivity index (χ0) is 19.6. The van der Waals surface area contributed by atoms with Crippen LogP contribution in [0.3, 0.4) is 0 Å². The molecule has 0 spiro atoms. The number of fused-ring (bicyclic) bond motifs is 4. The highest BCUT2D eigenvalue weighted by molar-refractivity contribution is 5.70. The molecule has 3 heteroatoms. The molecular formula is C24H36O3. The van der Waals surface area contributed by atoms with Crippen LogP contribution in [0.5, 0.6) is 0 Å². The number of aliphatic hydroxyl groups excluding tert-OH is 1. The lowest BCUT2D eigenvalue weighted by Gasteiger charge is -2.59. The zero-order valence-electron chi connectivity index (χ0n) is 17.7. The van der Waals surface area contributed by atoms with Crippen molar-refractivity contribution in [1.82, 2.24) is 0 Å². The molecule has 0 bridgehead atoms. The lowest BCUT2D eigenvalue weighted by molar-refractivity contribution is -0.142. The quantitative estimate of drug-likeness (QED) is 0.679. The van der Waals surface area contributed by atoms with E-state index in [4.69, 9.17) is 4.74 Å². The van der Waals surface area contributed by atoms with Gasteiger partial charge in [0.1, 0.15) is 0 Å². The van der Waals surface area contributed by atoms with Gasteiger partial charge in [-0.1, -0.05) is 39.3 Å². The molecule has 0 heterocycles. The fourth-order valence-electron chi connectivity index (χ4n) is 7.36. The topological polar surface area (TPSA) is 46.5 Å². The molecule has 1 fully saturated rings. The van der Waals surface area contributed by atoms with Crippen molar-refractivity contribution in [1.29, 1.82) is 0 Å². The minimum absolute atomic E-state index is 0.0102. The molecule has 1 N–H and O–H groups in total. The van der Waals surface area contributed by atoms with Gasteiger partial charge in [-0.2, -0.15) is 0 Å². The SMILES string of the molecule is COC(=O)C[C@H]1CC=C2C3=C(CC[C@@]21C)[C@@]1(C)CC[C@H](O)C(C)(C)C1CC3. The molecule has 4 rings (SSSR count). The molecule has 3 nitrogen and oxygen atoms in total. The molecule has 0 amide bonds. The predicted octanol–water partition coefficient (Wildman–Crippen LogP) is 5.19. The van der Waals surface area contributed by atoms with Gasteiger partial charge in [0.05, 0.1) is 13.2 Å². The lowest BCUT2D eigenvalue weighted by Crippen LogP contribution is -2.53. The Kier molecular flexibility index (Phi) is 4.42. The van der Waals surface area contributed by atoms with Crippen LogP contribution in [0.25, 0.3) is 0 Å². The monoisotopic (exact) mass is 372 g/mol. The largest absolute Gasteiger partial charge is 0.469 e. The van der Waals surface area contributed by atoms with E-state index >= 15 is 0 Å². The normalized spacial score (nSPS) is 42.7. The van der Waals surface area contributed by atoms with Gasteiger partial charge in [0.2, 0.25) is 0 Å². The van der Waals surface area contributed by atoms with Crippen LogP contribution in [-0.2, 0) is 9.53 Å². The van der Waals surface area contributed by atoms with Gasteiger partial charge < -0.3 is 9.84 Å². The molecule has 0 aliphatic heterocycles. The van der Waals surface area contributed by atoms with E-state index in [0.717, 1.165) is 38.5 Å². The van der Waals surface area contributed by atoms with E-state index in [-0.39, 0.29) is 28.3 Å². The van der Waals surface area contributed by atoms with Crippen molar-refractivity contribution < 1.29 is 14.6 Å². The van der Waals surface area contributed by atoms with E-state index < -0.39 is 0 Å². The first-order valence-corrected chi connectivity index (χ1v) is 10.8. The van der Waals surface area contributed by atoms with Crippen molar-refractivity contribution in [3.8, 4) is 0 Å². The summed E-state index contributed by atoms with van der Waals surface area (Å²) in [5, 5.41) is 10.6. The molecule has 4 aliphatic carbocycles. The number of aliphatic hydroxyl groups is 1. The van der Waals surface area contributed by atoms with Gasteiger partial charge in [0.15, 0.2) is 0 Å². The molecule has 0 saturated heterocycles. The van der Waals surface area contributed by atoms with Crippen LogP contribution in [0.2, 0.25) is 0 Å². The standard InChI is InChI=1S/C24H36O3/c1-22(2)19-9-7-16-17-8-6-15(14-21(26)27-5)23(17,3)12-10-18(16)24(19,4)13-11-20(22)25/h8,15,19-20,25H,6-7,9-14H2,1-5H3/t15-,19?,20+,23-,24-/m1/s1. The van der Waals surface area contributed by atoms with E-state index in [2.05, 4.69) is 33.8 Å². The van der Waals surface area contributed by atoms with Crippen molar-refractivity contribution in [2.75, 3.05) is 7.11 Å². The summed E-state index contributed by atoms with van der Waals surface area (Å²) >= 11 is 0. The van der Waals surface area contributed by atoms with Crippen LogP contribution >= 0.6 is 0 Å². The summed E-state index contributed by atoms with van der Waals surface area (Å²) < 4.78 is 4.97. The van der Waals surface area contributed by atoms with Gasteiger partial charge in [-0.3, -0.25) is 4.79 Å². The molecule has 1 unspecified atom stereocenters. The second-order valence-electron chi connectivity index (χ2n) is 10.6. The van der Waals surface area contributed by atoms with Gasteiger partial charge in [-0.05, 0) is 84.2 Å². The van der Waals surface area contributed by atoms with Gasteiger partial charge in [-0.25, -0.2) is 0 Å². The molecule has 27 heavy (non-hydrogen) atoms. The smallest absolute Gasteiger partial charge is 0.305 e. The van der Waals surface area contributed by atoms with Crippen molar-refractivity contribution in [3.63, 3.8) is 0 Å². The highest BCUT2D eigenvalue weighted by atomic mass is 16.5. The molecule has 150 valence electrons. The fourth-order valence-corrected chi connectivity index (χ4v) is 7.36. The number of esters is 1. The Hall–Kier alpha value is -1.09. The van der Waals surface area contributed by atoms with Gasteiger partial charge >= 0.3 is 5.97 Å². The third-order valence-electron chi connectivity index (χ3n) is 9.18. The maximum atomic E-state index is 11.9. The molecule has 4 aliphatic rings. The molecule has 0 aromatic heterocycles. The number of rotatable bonds is 2. The summed E-state index contributed by atoms with van der Waals surface area (Å²) in [5.74, 6) is 0.864. The summed E-state index contributed by atoms with van der Waals surface area (Å²) in [4.78, 5) is 11.9. The van der Waals surface area contributed by atoms with Gasteiger partial charge in [0.25, 0.3) is 0 Å². The van der Waals surface area contributed by atoms with Crippen molar-refractivity contribution in [3.05, 3.63) is 22.8 Å². The second-order valence-corrected chi connectivity index (χ2v) is 10.6. The van der Waals surface area contributed by atoms with Gasteiger partial charge in [0, 0.05) is 6.42 Å². The minimum atomic E-state index is -0.179. The van der Waals surface area contributed by atoms with Crippen LogP contribution in [0.4, 0.5) is 0 Å². The van der Waals surface area contributed by atoms with Crippen LogP contribution in [-0.4, -0.2) is 24.3 Å². The van der Waals surface area contributed by atoms with Crippen LogP contribution in [0.15, 0.2) is 22.8 Å². The van der Waals surface area contributed by atoms with Crippen molar-refractivity contribution in [2.45, 2.75) is 85.2 Å². The molecule has 1 saturated carbocycles. The minimum Gasteiger partial charge on any atom is -0.469 e. The lowest BCUT2D eigenvalue weighted by atomic mass is 9.46. The summed E-state index contributed by atoms with van der Waals surface area (Å²) in [6.45, 7) is 9.41. The van der Waals surface area contributed by atoms with E-state index in [1.807, 2.05) is 0 Å². The molecule has 5 atom stereocenters. The zero-order valence-corrected chi connectivity index (χ0v) is 17.7. The van der Waals surface area contributed by atoms with E-state index in [1.165, 1.54) is 13.5 Å². The Balaban J connectivity index is 1.69. The first-order valence-electron chi connectivity index (χ1n) is 10.8. The predicted molar refractivity (Wildman–Crippen MR) is 107 cm³/mol. The Morgan fingerprint density at radius 1 is 1.15 bits per heavy atom. The van der Waals surface area contributed by atoms with Crippen molar-refractivity contribution >= 4 is 5.97 Å². The Labute approximate surface area is 164 Å². The first kappa shape index (κ1) is 19.2. The number of hydrogen-bond donors (Lipinski definition) is 1. The number of methoxy groups -OCH3 is 1. The summed E-state index contributed by atoms with van der Waals surface area (Å²) in [6, 6.07) is 0. The summed E-state index contributed by atoms with van der Waals surface area (Å²) in [7, 11) is 1.50. The fraction of sp³-hybridized carbons (Fsp3) is 0.792. The third kappa shape index (κ3) is 2.60. The van der Waals surface area contributed by atoms with Gasteiger partial charge in [-0.15, -0.1) is 0 Å². The van der Waals surface area contributed by atoms with Crippen LogP contribution in [0, 0.1) is 28.1 Å². The van der Waals surface area contributed by atoms with Crippen LogP contribution < -0.4 is 0 Å². The summed E-state index contributed by atoms with van der Waals surface area (Å²) in [6.07, 6.45) is 10.4. The molecule has 0 radical (unpaired) electrons. The maximum absolute atomic E-state index is 11.9. The first-order chi connectivity index (χ1) is 12.6. The maximum Gasteiger partial charge on any atom is 0.305 e. The average molecular weight is 373 g/mol. The van der Waals surface area contributed by atoms with Crippen molar-refractivity contribution in [2.24, 2.45) is 28.1 Å². The number of carbonyl (C=O) groups is 1. The molecule has 0 aromatic carbocycles. The van der Waals surface area contributed by atoms with Crippen LogP contribution in [0.1, 0.15) is 79.1 Å². The molecular weight excluding hydrogens is 336 g/mol. The summed E-state index contributed by atoms with van der Waals surface area (Å²) in [5.41, 5.74) is 5.17. The third-order valence-corrected chi connectivity index (χ3v) is 9.18. The average Bonchev–Trinajstić information content (AvgIpc) is 2.95. The number of carbonyl (C=O) groups excluding carboxylic acids is 1. The van der Waals surface area contributed by atoms with E-state index in [1.54, 1.807) is 16.7 Å². The number of hydrogen-bond acceptors (Lipinski definition) is 3. The molecule has 0 aromatic rings. The Morgan fingerprint density at radius 2 is 1.89 bits per heavy atom. The Morgan fingerprint density at radius 3 is 2.59 bits per heavy atom. The number of ether oxygens (including phenoxy) is 1. The Bertz CT molecular complexity index is 715. The van der Waals surface area contributed by atoms with E-state index in [9.17, 15) is 9.90 Å². The number of allylic oxidation sites excluding steroid dienone is 4. The highest BCUT2D eigenvalue weighted by Gasteiger charge is 2.57. The second kappa shape index (κ2) is 6.20.